The van der Waals surface area contributed by atoms with E-state index in [9.17, 15) is 26.4 Å². The third kappa shape index (κ3) is 5.11. The Morgan fingerprint density at radius 1 is 1.04 bits per heavy atom. The second-order valence-corrected chi connectivity index (χ2v) is 8.37. The summed E-state index contributed by atoms with van der Waals surface area (Å²) in [5.41, 5.74) is 0.781. The predicted octanol–water partition coefficient (Wildman–Crippen LogP) is 2.96. The Morgan fingerprint density at radius 3 is 2.32 bits per heavy atom. The average molecular weight is 412 g/mol. The van der Waals surface area contributed by atoms with Crippen molar-refractivity contribution in [2.75, 3.05) is 6.54 Å². The Balaban J connectivity index is 1.58. The summed E-state index contributed by atoms with van der Waals surface area (Å²) in [6.45, 7) is 0.145. The summed E-state index contributed by atoms with van der Waals surface area (Å²) < 4.78 is 65.8. The second-order valence-electron chi connectivity index (χ2n) is 6.60. The molecule has 0 radical (unpaired) electrons. The van der Waals surface area contributed by atoms with Crippen molar-refractivity contribution in [1.29, 1.82) is 0 Å². The first-order chi connectivity index (χ1) is 13.3. The molecule has 3 rings (SSSR count). The summed E-state index contributed by atoms with van der Waals surface area (Å²) >= 11 is 0. The van der Waals surface area contributed by atoms with Gasteiger partial charge in [-0.2, -0.15) is 0 Å². The van der Waals surface area contributed by atoms with Crippen molar-refractivity contribution in [2.24, 2.45) is 0 Å². The van der Waals surface area contributed by atoms with E-state index in [-0.39, 0.29) is 30.7 Å². The van der Waals surface area contributed by atoms with E-state index in [0.29, 0.717) is 12.6 Å². The van der Waals surface area contributed by atoms with Crippen LogP contribution >= 0.6 is 0 Å². The highest BCUT2D eigenvalue weighted by Gasteiger charge is 2.32. The van der Waals surface area contributed by atoms with E-state index in [1.54, 1.807) is 17.0 Å². The third-order valence-corrected chi connectivity index (χ3v) is 5.87. The maximum atomic E-state index is 13.2. The van der Waals surface area contributed by atoms with Gasteiger partial charge in [0.05, 0.1) is 4.90 Å². The van der Waals surface area contributed by atoms with Crippen LogP contribution in [0.15, 0.2) is 47.4 Å². The standard InChI is InChI=1S/C19H19F3N2O3S/c20-14-3-1-13(2-4-14)12-24(15-5-6-15)19(25)9-10-23-28(26,27)16-7-8-17(21)18(22)11-16/h1-4,7-8,11,15,23H,5-6,9-10,12H2. The summed E-state index contributed by atoms with van der Waals surface area (Å²) in [6.07, 6.45) is 1.65. The number of nitrogens with one attached hydrogen (secondary N) is 1. The molecule has 1 aliphatic rings. The molecule has 1 fully saturated rings. The van der Waals surface area contributed by atoms with Crippen LogP contribution in [0.4, 0.5) is 13.2 Å². The first-order valence-electron chi connectivity index (χ1n) is 8.75. The molecule has 0 unspecified atom stereocenters. The van der Waals surface area contributed by atoms with E-state index in [4.69, 9.17) is 0 Å². The van der Waals surface area contributed by atoms with Crippen LogP contribution in [0.5, 0.6) is 0 Å². The summed E-state index contributed by atoms with van der Waals surface area (Å²) in [5.74, 6) is -3.01. The number of benzene rings is 2. The van der Waals surface area contributed by atoms with Gasteiger partial charge in [-0.15, -0.1) is 0 Å². The molecular formula is C19H19F3N2O3S. The van der Waals surface area contributed by atoms with Crippen LogP contribution in [0.3, 0.4) is 0 Å². The van der Waals surface area contributed by atoms with E-state index in [2.05, 4.69) is 4.72 Å². The van der Waals surface area contributed by atoms with Crippen LogP contribution in [0.1, 0.15) is 24.8 Å². The van der Waals surface area contributed by atoms with E-state index < -0.39 is 26.6 Å². The van der Waals surface area contributed by atoms with Crippen LogP contribution in [0, 0.1) is 17.5 Å². The molecule has 0 heterocycles. The Hall–Kier alpha value is -2.39. The van der Waals surface area contributed by atoms with Crippen LogP contribution in [0.2, 0.25) is 0 Å². The van der Waals surface area contributed by atoms with E-state index in [1.165, 1.54) is 12.1 Å². The van der Waals surface area contributed by atoms with Crippen molar-refractivity contribution in [3.8, 4) is 0 Å². The summed E-state index contributed by atoms with van der Waals surface area (Å²) in [5, 5.41) is 0. The monoisotopic (exact) mass is 412 g/mol. The van der Waals surface area contributed by atoms with Gasteiger partial charge in [0.2, 0.25) is 15.9 Å². The Kier molecular flexibility index (Phi) is 6.04. The Morgan fingerprint density at radius 2 is 1.71 bits per heavy atom. The smallest absolute Gasteiger partial charge is 0.240 e. The Bertz CT molecular complexity index is 961. The van der Waals surface area contributed by atoms with Crippen molar-refractivity contribution in [3.63, 3.8) is 0 Å². The summed E-state index contributed by atoms with van der Waals surface area (Å²) in [4.78, 5) is 13.8. The van der Waals surface area contributed by atoms with Gasteiger partial charge in [-0.1, -0.05) is 12.1 Å². The van der Waals surface area contributed by atoms with Crippen LogP contribution in [-0.2, 0) is 21.4 Å². The third-order valence-electron chi connectivity index (χ3n) is 4.41. The predicted molar refractivity (Wildman–Crippen MR) is 96.1 cm³/mol. The Labute approximate surface area is 161 Å². The molecule has 1 amide bonds. The lowest BCUT2D eigenvalue weighted by Crippen LogP contribution is -2.35. The highest BCUT2D eigenvalue weighted by atomic mass is 32.2. The number of sulfonamides is 1. The molecule has 5 nitrogen and oxygen atoms in total. The number of nitrogens with zero attached hydrogens (tertiary/aromatic N) is 1. The maximum Gasteiger partial charge on any atom is 0.240 e. The number of carbonyl (C=O) groups excluding carboxylic acids is 1. The number of hydrogen-bond donors (Lipinski definition) is 1. The summed E-state index contributed by atoms with van der Waals surface area (Å²) in [6, 6.07) is 8.21. The minimum Gasteiger partial charge on any atom is -0.335 e. The molecule has 0 spiro atoms. The van der Waals surface area contributed by atoms with Crippen molar-refractivity contribution in [1.82, 2.24) is 9.62 Å². The van der Waals surface area contributed by atoms with Crippen molar-refractivity contribution >= 4 is 15.9 Å². The van der Waals surface area contributed by atoms with E-state index >= 15 is 0 Å². The molecule has 9 heteroatoms. The molecule has 28 heavy (non-hydrogen) atoms. The molecule has 150 valence electrons. The van der Waals surface area contributed by atoms with Crippen LogP contribution in [-0.4, -0.2) is 31.8 Å². The second kappa shape index (κ2) is 8.32. The minimum atomic E-state index is -4.06. The first-order valence-corrected chi connectivity index (χ1v) is 10.2. The van der Waals surface area contributed by atoms with Gasteiger partial charge in [0.15, 0.2) is 11.6 Å². The fraction of sp³-hybridized carbons (Fsp3) is 0.316. The van der Waals surface area contributed by atoms with Gasteiger partial charge in [-0.3, -0.25) is 4.79 Å². The van der Waals surface area contributed by atoms with Gasteiger partial charge in [-0.05, 0) is 48.7 Å². The van der Waals surface area contributed by atoms with Crippen LogP contribution in [0.25, 0.3) is 0 Å². The molecule has 2 aromatic carbocycles. The zero-order valence-corrected chi connectivity index (χ0v) is 15.7. The minimum absolute atomic E-state index is 0.0827. The van der Waals surface area contributed by atoms with E-state index in [1.807, 2.05) is 0 Å². The molecule has 0 atom stereocenters. The molecule has 1 N–H and O–H groups in total. The molecular weight excluding hydrogens is 393 g/mol. The van der Waals surface area contributed by atoms with Gasteiger partial charge >= 0.3 is 0 Å². The quantitative estimate of drug-likeness (QED) is 0.725. The van der Waals surface area contributed by atoms with E-state index in [0.717, 1.165) is 30.5 Å². The maximum absolute atomic E-state index is 13.2. The molecule has 2 aromatic rings. The van der Waals surface area contributed by atoms with Gasteiger partial charge in [-0.25, -0.2) is 26.3 Å². The van der Waals surface area contributed by atoms with Gasteiger partial charge in [0.25, 0.3) is 0 Å². The fourth-order valence-corrected chi connectivity index (χ4v) is 3.80. The van der Waals surface area contributed by atoms with Crippen molar-refractivity contribution < 1.29 is 26.4 Å². The molecule has 0 saturated heterocycles. The molecule has 1 saturated carbocycles. The molecule has 1 aliphatic carbocycles. The van der Waals surface area contributed by atoms with Crippen molar-refractivity contribution in [2.45, 2.75) is 36.7 Å². The molecule has 0 bridgehead atoms. The van der Waals surface area contributed by atoms with Gasteiger partial charge in [0.1, 0.15) is 5.82 Å². The topological polar surface area (TPSA) is 66.5 Å². The number of carbonyl (C=O) groups is 1. The summed E-state index contributed by atoms with van der Waals surface area (Å²) in [7, 11) is -4.06. The number of halogens is 3. The van der Waals surface area contributed by atoms with Crippen molar-refractivity contribution in [3.05, 3.63) is 65.5 Å². The normalized spacial score (nSPS) is 14.1. The van der Waals surface area contributed by atoms with Gasteiger partial charge in [0, 0.05) is 25.6 Å². The number of amides is 1. The molecule has 0 aliphatic heterocycles. The lowest BCUT2D eigenvalue weighted by molar-refractivity contribution is -0.132. The highest BCUT2D eigenvalue weighted by molar-refractivity contribution is 7.89. The lowest BCUT2D eigenvalue weighted by Gasteiger charge is -2.22. The highest BCUT2D eigenvalue weighted by Crippen LogP contribution is 2.29. The SMILES string of the molecule is O=C(CCNS(=O)(=O)c1ccc(F)c(F)c1)N(Cc1ccc(F)cc1)C1CC1. The number of rotatable bonds is 8. The van der Waals surface area contributed by atoms with Gasteiger partial charge < -0.3 is 4.90 Å². The van der Waals surface area contributed by atoms with Crippen LogP contribution < -0.4 is 4.72 Å². The first kappa shape index (κ1) is 20.3. The largest absolute Gasteiger partial charge is 0.335 e. The average Bonchev–Trinajstić information content (AvgIpc) is 3.48. The fourth-order valence-electron chi connectivity index (χ4n) is 2.76. The lowest BCUT2D eigenvalue weighted by atomic mass is 10.2. The number of hydrogen-bond acceptors (Lipinski definition) is 3. The molecule has 0 aromatic heterocycles. The zero-order valence-electron chi connectivity index (χ0n) is 14.9. The zero-order chi connectivity index (χ0) is 20.3.